The molecule has 0 aromatic heterocycles. The van der Waals surface area contributed by atoms with E-state index in [4.69, 9.17) is 28.1 Å². The number of benzene rings is 2. The number of hydrogen-bond acceptors (Lipinski definition) is 10. The molecule has 1 aliphatic rings. The van der Waals surface area contributed by atoms with Gasteiger partial charge in [0.25, 0.3) is 8.32 Å². The monoisotopic (exact) mass is 754 g/mol. The van der Waals surface area contributed by atoms with E-state index in [1.54, 1.807) is 83.1 Å². The zero-order valence-electron chi connectivity index (χ0n) is 34.4. The van der Waals surface area contributed by atoms with Crippen LogP contribution in [0.1, 0.15) is 104 Å². The van der Waals surface area contributed by atoms with Crippen LogP contribution in [0.15, 0.2) is 60.7 Å². The smallest absolute Gasteiger partial charge is 0.313 e. The third-order valence-electron chi connectivity index (χ3n) is 8.87. The van der Waals surface area contributed by atoms with Crippen molar-refractivity contribution in [3.05, 3.63) is 60.7 Å². The van der Waals surface area contributed by atoms with Crippen molar-refractivity contribution < 1.29 is 47.3 Å². The summed E-state index contributed by atoms with van der Waals surface area (Å²) < 4.78 is 38.3. The van der Waals surface area contributed by atoms with Crippen LogP contribution in [-0.4, -0.2) is 69.5 Å². The molecule has 0 N–H and O–H groups in total. The first kappa shape index (κ1) is 43.9. The van der Waals surface area contributed by atoms with Crippen LogP contribution in [-0.2, 0) is 47.3 Å². The number of rotatable bonds is 9. The average Bonchev–Trinajstić information content (AvgIpc) is 3.02. The molecule has 0 amide bonds. The van der Waals surface area contributed by atoms with Gasteiger partial charge in [-0.3, -0.25) is 19.2 Å². The van der Waals surface area contributed by atoms with Gasteiger partial charge in [0, 0.05) is 0 Å². The van der Waals surface area contributed by atoms with Gasteiger partial charge in [-0.2, -0.15) is 0 Å². The van der Waals surface area contributed by atoms with Crippen molar-refractivity contribution in [1.29, 1.82) is 0 Å². The minimum atomic E-state index is -3.20. The number of esters is 4. The Morgan fingerprint density at radius 1 is 0.509 bits per heavy atom. The van der Waals surface area contributed by atoms with Crippen molar-refractivity contribution >= 4 is 42.6 Å². The maximum absolute atomic E-state index is 13.7. The summed E-state index contributed by atoms with van der Waals surface area (Å²) in [5, 5.41) is 1.57. The van der Waals surface area contributed by atoms with Crippen LogP contribution in [0.4, 0.5) is 0 Å². The van der Waals surface area contributed by atoms with Crippen molar-refractivity contribution in [2.75, 3.05) is 6.61 Å². The third-order valence-corrected chi connectivity index (χ3v) is 13.9. The fraction of sp³-hybridized carbons (Fsp3) is 0.619. The number of carbonyl (C=O) groups is 4. The molecular weight excluding hydrogens is 693 g/mol. The normalized spacial score (nSPS) is 21.7. The molecule has 53 heavy (non-hydrogen) atoms. The predicted octanol–water partition coefficient (Wildman–Crippen LogP) is 6.75. The maximum atomic E-state index is 13.7. The molecule has 0 saturated carbocycles. The minimum absolute atomic E-state index is 0.164. The van der Waals surface area contributed by atoms with Gasteiger partial charge in [-0.25, -0.2) is 0 Å². The first-order valence-electron chi connectivity index (χ1n) is 18.4. The van der Waals surface area contributed by atoms with Crippen molar-refractivity contribution in [2.45, 2.75) is 140 Å². The highest BCUT2D eigenvalue weighted by Gasteiger charge is 2.58. The molecule has 0 aliphatic carbocycles. The SMILES string of the molecule is CC(C)(C)C(=O)O[C@@H]1O[C@H](CO[Si](c2ccccc2)(c2ccccc2)C(C)(C)C)[C@H](OC(=O)C(C)(C)C)[C@H](OC(=O)C(C)(C)C)[C@H]1OC(=O)C(C)(C)C. The summed E-state index contributed by atoms with van der Waals surface area (Å²) >= 11 is 0. The summed E-state index contributed by atoms with van der Waals surface area (Å²) in [6.45, 7) is 26.4. The van der Waals surface area contributed by atoms with Gasteiger partial charge in [0.2, 0.25) is 12.4 Å². The summed E-state index contributed by atoms with van der Waals surface area (Å²) in [5.41, 5.74) is -3.96. The molecule has 0 bridgehead atoms. The molecule has 10 nitrogen and oxygen atoms in total. The van der Waals surface area contributed by atoms with Crippen LogP contribution in [0, 0.1) is 21.7 Å². The summed E-state index contributed by atoms with van der Waals surface area (Å²) in [4.78, 5) is 54.5. The Kier molecular flexibility index (Phi) is 13.3. The molecule has 0 unspecified atom stereocenters. The molecule has 1 heterocycles. The highest BCUT2D eigenvalue weighted by molar-refractivity contribution is 6.99. The first-order valence-corrected chi connectivity index (χ1v) is 20.3. The second-order valence-corrected chi connectivity index (χ2v) is 23.3. The van der Waals surface area contributed by atoms with E-state index in [0.29, 0.717) is 0 Å². The highest BCUT2D eigenvalue weighted by atomic mass is 28.4. The lowest BCUT2D eigenvalue weighted by Gasteiger charge is -2.48. The molecule has 2 aromatic carbocycles. The zero-order chi connectivity index (χ0) is 40.4. The van der Waals surface area contributed by atoms with Crippen LogP contribution < -0.4 is 10.4 Å². The molecule has 5 atom stereocenters. The van der Waals surface area contributed by atoms with Crippen molar-refractivity contribution in [3.63, 3.8) is 0 Å². The van der Waals surface area contributed by atoms with Gasteiger partial charge in [-0.15, -0.1) is 0 Å². The van der Waals surface area contributed by atoms with E-state index in [0.717, 1.165) is 10.4 Å². The fourth-order valence-electron chi connectivity index (χ4n) is 5.66. The molecule has 2 aromatic rings. The van der Waals surface area contributed by atoms with Crippen molar-refractivity contribution in [2.24, 2.45) is 21.7 Å². The summed E-state index contributed by atoms with van der Waals surface area (Å²) in [5.74, 6) is -2.56. The van der Waals surface area contributed by atoms with Gasteiger partial charge < -0.3 is 28.1 Å². The van der Waals surface area contributed by atoms with Gasteiger partial charge in [0.1, 0.15) is 6.10 Å². The second-order valence-electron chi connectivity index (χ2n) is 19.0. The Morgan fingerprint density at radius 2 is 0.849 bits per heavy atom. The van der Waals surface area contributed by atoms with E-state index in [1.807, 2.05) is 60.7 Å². The highest BCUT2D eigenvalue weighted by Crippen LogP contribution is 2.39. The Morgan fingerprint density at radius 3 is 1.21 bits per heavy atom. The second kappa shape index (κ2) is 16.1. The lowest BCUT2D eigenvalue weighted by molar-refractivity contribution is -0.305. The fourth-order valence-corrected chi connectivity index (χ4v) is 10.2. The molecule has 3 rings (SSSR count). The van der Waals surface area contributed by atoms with Gasteiger partial charge >= 0.3 is 23.9 Å². The molecule has 11 heteroatoms. The van der Waals surface area contributed by atoms with Crippen LogP contribution in [0.5, 0.6) is 0 Å². The molecular formula is C42H62O10Si. The molecule has 0 spiro atoms. The van der Waals surface area contributed by atoms with Gasteiger partial charge in [0.05, 0.1) is 28.3 Å². The summed E-state index contributed by atoms with van der Waals surface area (Å²) in [6, 6.07) is 20.0. The van der Waals surface area contributed by atoms with E-state index in [-0.39, 0.29) is 6.61 Å². The molecule has 1 aliphatic heterocycles. The van der Waals surface area contributed by atoms with Crippen molar-refractivity contribution in [3.8, 4) is 0 Å². The lowest BCUT2D eigenvalue weighted by Crippen LogP contribution is -2.69. The summed E-state index contributed by atoms with van der Waals surface area (Å²) in [7, 11) is -3.20. The van der Waals surface area contributed by atoms with E-state index in [9.17, 15) is 19.2 Å². The molecule has 1 fully saturated rings. The number of carbonyl (C=O) groups excluding carboxylic acids is 4. The molecule has 294 valence electrons. The minimum Gasteiger partial charge on any atom is -0.455 e. The average molecular weight is 755 g/mol. The lowest BCUT2D eigenvalue weighted by atomic mass is 9.93. The molecule has 0 radical (unpaired) electrons. The predicted molar refractivity (Wildman–Crippen MR) is 206 cm³/mol. The number of hydrogen-bond donors (Lipinski definition) is 0. The van der Waals surface area contributed by atoms with Crippen LogP contribution in [0.2, 0.25) is 5.04 Å². The maximum Gasteiger partial charge on any atom is 0.313 e. The van der Waals surface area contributed by atoms with Crippen molar-refractivity contribution in [1.82, 2.24) is 0 Å². The Hall–Kier alpha value is -3.54. The van der Waals surface area contributed by atoms with Crippen LogP contribution in [0.3, 0.4) is 0 Å². The van der Waals surface area contributed by atoms with Gasteiger partial charge in [0.15, 0.2) is 12.2 Å². The number of ether oxygens (including phenoxy) is 5. The van der Waals surface area contributed by atoms with Crippen LogP contribution in [0.25, 0.3) is 0 Å². The Labute approximate surface area is 317 Å². The van der Waals surface area contributed by atoms with E-state index < -0.39 is 89.6 Å². The Balaban J connectivity index is 2.31. The standard InChI is InChI=1S/C42H62O10Si/c1-38(2,3)34(43)49-30-29(26-47-53(42(13,14)15,27-22-18-16-19-23-27)28-24-20-17-21-25-28)48-33(52-37(46)41(10,11)12)32(51-36(45)40(7,8)9)31(30)50-35(44)39(4,5)6/h16-25,29-33H,26H2,1-15H3/t29-,30+,31+,32-,33+/m1/s1. The largest absolute Gasteiger partial charge is 0.455 e. The first-order chi connectivity index (χ1) is 24.1. The van der Waals surface area contributed by atoms with Gasteiger partial charge in [-0.1, -0.05) is 81.4 Å². The van der Waals surface area contributed by atoms with E-state index in [2.05, 4.69) is 20.8 Å². The third kappa shape index (κ3) is 10.6. The summed E-state index contributed by atoms with van der Waals surface area (Å²) in [6.07, 6.45) is -6.99. The quantitative estimate of drug-likeness (QED) is 0.154. The molecule has 1 saturated heterocycles. The van der Waals surface area contributed by atoms with E-state index >= 15 is 0 Å². The van der Waals surface area contributed by atoms with Gasteiger partial charge in [-0.05, 0) is 98.5 Å². The topological polar surface area (TPSA) is 124 Å². The van der Waals surface area contributed by atoms with E-state index in [1.165, 1.54) is 0 Å². The Bertz CT molecular complexity index is 1530. The zero-order valence-corrected chi connectivity index (χ0v) is 35.4. The van der Waals surface area contributed by atoms with Crippen LogP contribution >= 0.6 is 0 Å².